The number of carbonyl (C=O) groups excluding carboxylic acids is 1. The molecule has 0 spiro atoms. The first-order valence-electron chi connectivity index (χ1n) is 6.47. The summed E-state index contributed by atoms with van der Waals surface area (Å²) in [6, 6.07) is 3.89. The highest BCUT2D eigenvalue weighted by Gasteiger charge is 2.21. The second kappa shape index (κ2) is 6.74. The number of anilines is 1. The number of carbonyl (C=O) groups is 1. The number of allylic oxidation sites excluding steroid dienone is 2. The largest absolute Gasteiger partial charge is 0.505 e. The van der Waals surface area contributed by atoms with Gasteiger partial charge in [0.1, 0.15) is 23.1 Å². The van der Waals surface area contributed by atoms with Crippen LogP contribution in [0.3, 0.4) is 0 Å². The molecule has 21 heavy (non-hydrogen) atoms. The Morgan fingerprint density at radius 1 is 1.33 bits per heavy atom. The molecule has 1 aromatic heterocycles. The molecular formula is C15H13N3O2S. The van der Waals surface area contributed by atoms with Gasteiger partial charge >= 0.3 is 0 Å². The van der Waals surface area contributed by atoms with E-state index in [1.54, 1.807) is 6.07 Å². The summed E-state index contributed by atoms with van der Waals surface area (Å²) < 4.78 is 0. The molecule has 0 aromatic carbocycles. The molecule has 0 radical (unpaired) electrons. The van der Waals surface area contributed by atoms with Crippen molar-refractivity contribution in [3.63, 3.8) is 0 Å². The summed E-state index contributed by atoms with van der Waals surface area (Å²) in [5, 5.41) is 31.2. The minimum absolute atomic E-state index is 0.113. The number of hydrogen-bond donors (Lipinski definition) is 2. The van der Waals surface area contributed by atoms with Crippen molar-refractivity contribution in [2.45, 2.75) is 25.7 Å². The molecule has 0 aliphatic heterocycles. The lowest BCUT2D eigenvalue weighted by Gasteiger charge is -2.09. The average molecular weight is 299 g/mol. The molecule has 0 saturated carbocycles. The van der Waals surface area contributed by atoms with E-state index < -0.39 is 0 Å². The Hall–Kier alpha value is -2.57. The lowest BCUT2D eigenvalue weighted by atomic mass is 9.96. The van der Waals surface area contributed by atoms with Crippen molar-refractivity contribution in [1.29, 1.82) is 10.5 Å². The molecule has 2 rings (SSSR count). The SMILES string of the molecule is N#CC=C(O)C(=CC=O)Nc1sc2c(c1C#N)CCCC2. The molecule has 0 amide bonds. The summed E-state index contributed by atoms with van der Waals surface area (Å²) in [5.41, 5.74) is 1.74. The van der Waals surface area contributed by atoms with Crippen LogP contribution in [0, 0.1) is 22.7 Å². The topological polar surface area (TPSA) is 96.9 Å². The molecule has 0 fully saturated rings. The first-order valence-corrected chi connectivity index (χ1v) is 7.29. The summed E-state index contributed by atoms with van der Waals surface area (Å²) in [4.78, 5) is 11.8. The lowest BCUT2D eigenvalue weighted by Crippen LogP contribution is -2.04. The van der Waals surface area contributed by atoms with E-state index in [2.05, 4.69) is 11.4 Å². The zero-order valence-corrected chi connectivity index (χ0v) is 12.0. The zero-order chi connectivity index (χ0) is 15.2. The van der Waals surface area contributed by atoms with Gasteiger partial charge in [-0.15, -0.1) is 11.3 Å². The third-order valence-electron chi connectivity index (χ3n) is 3.24. The fourth-order valence-electron chi connectivity index (χ4n) is 2.29. The van der Waals surface area contributed by atoms with Gasteiger partial charge in [-0.05, 0) is 31.2 Å². The van der Waals surface area contributed by atoms with Crippen molar-refractivity contribution >= 4 is 22.6 Å². The van der Waals surface area contributed by atoms with E-state index in [4.69, 9.17) is 5.26 Å². The number of hydrogen-bond acceptors (Lipinski definition) is 6. The third-order valence-corrected chi connectivity index (χ3v) is 4.45. The van der Waals surface area contributed by atoms with Gasteiger partial charge in [-0.1, -0.05) is 0 Å². The quantitative estimate of drug-likeness (QED) is 0.293. The maximum absolute atomic E-state index is 10.7. The second-order valence-electron chi connectivity index (χ2n) is 4.53. The van der Waals surface area contributed by atoms with Gasteiger partial charge in [-0.3, -0.25) is 4.79 Å². The number of nitrogens with one attached hydrogen (secondary N) is 1. The van der Waals surface area contributed by atoms with Crippen molar-refractivity contribution in [2.24, 2.45) is 0 Å². The Bertz CT molecular complexity index is 702. The number of aryl methyl sites for hydroxylation is 1. The van der Waals surface area contributed by atoms with Crippen LogP contribution < -0.4 is 5.32 Å². The summed E-state index contributed by atoms with van der Waals surface area (Å²) in [6.07, 6.45) is 6.57. The molecular weight excluding hydrogens is 286 g/mol. The highest BCUT2D eigenvalue weighted by atomic mass is 32.1. The van der Waals surface area contributed by atoms with Crippen molar-refractivity contribution in [3.05, 3.63) is 39.6 Å². The van der Waals surface area contributed by atoms with Crippen molar-refractivity contribution in [3.8, 4) is 12.1 Å². The summed E-state index contributed by atoms with van der Waals surface area (Å²) >= 11 is 1.46. The van der Waals surface area contributed by atoms with Crippen LogP contribution in [-0.2, 0) is 17.6 Å². The van der Waals surface area contributed by atoms with Gasteiger partial charge in [0.15, 0.2) is 0 Å². The van der Waals surface area contributed by atoms with Gasteiger partial charge < -0.3 is 10.4 Å². The van der Waals surface area contributed by atoms with Crippen molar-refractivity contribution < 1.29 is 9.90 Å². The van der Waals surface area contributed by atoms with Crippen LogP contribution in [0.1, 0.15) is 28.8 Å². The van der Waals surface area contributed by atoms with E-state index in [1.165, 1.54) is 16.2 Å². The first kappa shape index (κ1) is 14.8. The molecule has 6 heteroatoms. The summed E-state index contributed by atoms with van der Waals surface area (Å²) in [5.74, 6) is -0.333. The second-order valence-corrected chi connectivity index (χ2v) is 5.63. The zero-order valence-electron chi connectivity index (χ0n) is 11.2. The number of thiophene rings is 1. The van der Waals surface area contributed by atoms with E-state index >= 15 is 0 Å². The minimum atomic E-state index is -0.333. The van der Waals surface area contributed by atoms with Crippen LogP contribution >= 0.6 is 11.3 Å². The number of rotatable bonds is 4. The van der Waals surface area contributed by atoms with E-state index in [0.717, 1.165) is 43.4 Å². The average Bonchev–Trinajstić information content (AvgIpc) is 2.84. The fourth-order valence-corrected chi connectivity index (χ4v) is 3.54. The van der Waals surface area contributed by atoms with Crippen LogP contribution in [0.2, 0.25) is 0 Å². The Balaban J connectivity index is 2.39. The fraction of sp³-hybridized carbons (Fsp3) is 0.267. The Labute approximate surface area is 126 Å². The van der Waals surface area contributed by atoms with Crippen LogP contribution in [-0.4, -0.2) is 11.4 Å². The molecule has 1 aliphatic carbocycles. The predicted molar refractivity (Wildman–Crippen MR) is 79.8 cm³/mol. The molecule has 0 saturated heterocycles. The van der Waals surface area contributed by atoms with Gasteiger partial charge in [0.2, 0.25) is 0 Å². The van der Waals surface area contributed by atoms with Gasteiger partial charge in [0.05, 0.1) is 23.4 Å². The number of aliphatic hydroxyl groups excluding tert-OH is 1. The van der Waals surface area contributed by atoms with E-state index in [0.29, 0.717) is 16.9 Å². The molecule has 106 valence electrons. The maximum atomic E-state index is 10.7. The Morgan fingerprint density at radius 2 is 2.10 bits per heavy atom. The van der Waals surface area contributed by atoms with Crippen LogP contribution in [0.25, 0.3) is 0 Å². The lowest BCUT2D eigenvalue weighted by molar-refractivity contribution is -0.104. The number of fused-ring (bicyclic) bond motifs is 1. The molecule has 1 aromatic rings. The van der Waals surface area contributed by atoms with Crippen LogP contribution in [0.5, 0.6) is 0 Å². The molecule has 0 bridgehead atoms. The summed E-state index contributed by atoms with van der Waals surface area (Å²) in [6.45, 7) is 0. The molecule has 1 aliphatic rings. The van der Waals surface area contributed by atoms with Crippen LogP contribution in [0.4, 0.5) is 5.00 Å². The highest BCUT2D eigenvalue weighted by molar-refractivity contribution is 7.16. The monoisotopic (exact) mass is 299 g/mol. The van der Waals surface area contributed by atoms with Gasteiger partial charge in [-0.2, -0.15) is 10.5 Å². The van der Waals surface area contributed by atoms with Gasteiger partial charge in [-0.25, -0.2) is 0 Å². The van der Waals surface area contributed by atoms with E-state index in [1.807, 2.05) is 0 Å². The highest BCUT2D eigenvalue weighted by Crippen LogP contribution is 2.38. The number of nitriles is 2. The predicted octanol–water partition coefficient (Wildman–Crippen LogP) is 2.96. The Morgan fingerprint density at radius 3 is 2.76 bits per heavy atom. The normalized spacial score (nSPS) is 14.8. The number of aliphatic hydroxyl groups is 1. The van der Waals surface area contributed by atoms with Crippen LogP contribution in [0.15, 0.2) is 23.6 Å². The third kappa shape index (κ3) is 3.13. The van der Waals surface area contributed by atoms with Crippen molar-refractivity contribution in [2.75, 3.05) is 5.32 Å². The standard InChI is InChI=1S/C15H13N3O2S/c16-7-5-13(20)12(6-8-19)18-15-11(9-17)10-3-1-2-4-14(10)21-15/h5-6,8,18,20H,1-4H2. The van der Waals surface area contributed by atoms with Gasteiger partial charge in [0, 0.05) is 11.0 Å². The molecule has 0 unspecified atom stereocenters. The molecule has 2 N–H and O–H groups in total. The molecule has 5 nitrogen and oxygen atoms in total. The van der Waals surface area contributed by atoms with Crippen molar-refractivity contribution in [1.82, 2.24) is 0 Å². The smallest absolute Gasteiger partial charge is 0.149 e. The van der Waals surface area contributed by atoms with E-state index in [9.17, 15) is 15.2 Å². The van der Waals surface area contributed by atoms with E-state index in [-0.39, 0.29) is 11.5 Å². The van der Waals surface area contributed by atoms with Gasteiger partial charge in [0.25, 0.3) is 0 Å². The maximum Gasteiger partial charge on any atom is 0.149 e. The Kier molecular flexibility index (Phi) is 4.76. The summed E-state index contributed by atoms with van der Waals surface area (Å²) in [7, 11) is 0. The number of nitrogens with zero attached hydrogens (tertiary/aromatic N) is 2. The molecule has 1 heterocycles. The molecule has 0 atom stereocenters. The minimum Gasteiger partial charge on any atom is -0.505 e. The first-order chi connectivity index (χ1) is 10.2. The number of aldehydes is 1.